The number of rotatable bonds is 8. The fourth-order valence-electron chi connectivity index (χ4n) is 5.84. The van der Waals surface area contributed by atoms with E-state index in [1.807, 2.05) is 42.5 Å². The molecule has 0 spiro atoms. The van der Waals surface area contributed by atoms with Crippen LogP contribution >= 0.6 is 0 Å². The normalized spacial score (nSPS) is 16.9. The summed E-state index contributed by atoms with van der Waals surface area (Å²) < 4.78 is 5.78. The number of fused-ring (bicyclic) bond motifs is 3. The lowest BCUT2D eigenvalue weighted by Crippen LogP contribution is -2.64. The smallest absolute Gasteiger partial charge is 0.408 e. The van der Waals surface area contributed by atoms with Crippen LogP contribution in [0.5, 0.6) is 0 Å². The van der Waals surface area contributed by atoms with Crippen molar-refractivity contribution in [1.82, 2.24) is 15.1 Å². The van der Waals surface area contributed by atoms with E-state index in [-0.39, 0.29) is 12.5 Å². The molecule has 1 atom stereocenters. The summed E-state index contributed by atoms with van der Waals surface area (Å²) in [6.07, 6.45) is 0.0158. The molecule has 2 aliphatic rings. The Labute approximate surface area is 234 Å². The molecule has 3 aromatic rings. The van der Waals surface area contributed by atoms with E-state index < -0.39 is 29.6 Å². The van der Waals surface area contributed by atoms with Crippen molar-refractivity contribution >= 4 is 18.0 Å². The molecule has 5 rings (SSSR count). The zero-order valence-electron chi connectivity index (χ0n) is 22.9. The van der Waals surface area contributed by atoms with Crippen LogP contribution in [-0.4, -0.2) is 71.2 Å². The molecule has 0 aromatic heterocycles. The average molecular weight is 542 g/mol. The number of carbonyl (C=O) groups excluding carboxylic acids is 2. The molecular formula is C32H35N3O5. The second-order valence-corrected chi connectivity index (χ2v) is 10.7. The zero-order chi connectivity index (χ0) is 28.3. The second kappa shape index (κ2) is 11.5. The van der Waals surface area contributed by atoms with Gasteiger partial charge in [-0.3, -0.25) is 9.69 Å². The van der Waals surface area contributed by atoms with Crippen molar-refractivity contribution in [2.75, 3.05) is 26.7 Å². The number of carboxylic acids is 1. The lowest BCUT2D eigenvalue weighted by molar-refractivity contribution is -0.152. The summed E-state index contributed by atoms with van der Waals surface area (Å²) >= 11 is 0. The highest BCUT2D eigenvalue weighted by Gasteiger charge is 2.46. The van der Waals surface area contributed by atoms with Crippen molar-refractivity contribution in [3.63, 3.8) is 0 Å². The number of nitrogens with one attached hydrogen (secondary N) is 1. The van der Waals surface area contributed by atoms with Gasteiger partial charge in [0.1, 0.15) is 18.2 Å². The van der Waals surface area contributed by atoms with Crippen LogP contribution in [0.4, 0.5) is 4.79 Å². The molecule has 0 saturated carbocycles. The van der Waals surface area contributed by atoms with Gasteiger partial charge in [-0.05, 0) is 47.6 Å². The summed E-state index contributed by atoms with van der Waals surface area (Å²) in [5.74, 6) is -1.63. The summed E-state index contributed by atoms with van der Waals surface area (Å²) in [6.45, 7) is 3.47. The van der Waals surface area contributed by atoms with Crippen LogP contribution in [0.3, 0.4) is 0 Å². The Balaban J connectivity index is 1.30. The average Bonchev–Trinajstić information content (AvgIpc) is 3.30. The third kappa shape index (κ3) is 5.45. The van der Waals surface area contributed by atoms with Crippen molar-refractivity contribution < 1.29 is 24.2 Å². The standard InChI is InChI=1S/C32H35N3O5/c1-22(29(36)37)34(2)30(38)32(16-18-35(19-17-32)20-23-10-4-3-5-11-23)33-31(39)40-21-28-26-14-8-6-12-24(26)25-13-7-9-15-27(25)28/h3-15,22,28H,16-21H2,1-2H3,(H,33,39)(H,36,37)/t22-/m0/s1. The first-order valence-corrected chi connectivity index (χ1v) is 13.7. The number of ether oxygens (including phenoxy) is 1. The predicted octanol–water partition coefficient (Wildman–Crippen LogP) is 4.49. The molecule has 8 heteroatoms. The number of likely N-dealkylation sites (N-methyl/N-ethyl adjacent to an activating group) is 1. The number of carbonyl (C=O) groups is 3. The first-order chi connectivity index (χ1) is 19.3. The number of likely N-dealkylation sites (tertiary alicyclic amines) is 1. The number of piperidine rings is 1. The van der Waals surface area contributed by atoms with Gasteiger partial charge < -0.3 is 20.1 Å². The molecule has 3 aromatic carbocycles. The number of hydrogen-bond acceptors (Lipinski definition) is 5. The number of benzene rings is 3. The van der Waals surface area contributed by atoms with Gasteiger partial charge in [-0.2, -0.15) is 0 Å². The molecular weight excluding hydrogens is 506 g/mol. The molecule has 40 heavy (non-hydrogen) atoms. The molecule has 0 bridgehead atoms. The van der Waals surface area contributed by atoms with E-state index in [2.05, 4.69) is 46.6 Å². The van der Waals surface area contributed by atoms with E-state index in [9.17, 15) is 19.5 Å². The molecule has 1 aliphatic carbocycles. The molecule has 1 saturated heterocycles. The first kappa shape index (κ1) is 27.4. The highest BCUT2D eigenvalue weighted by Crippen LogP contribution is 2.44. The number of carboxylic acid groups (broad SMARTS) is 1. The SMILES string of the molecule is C[C@@H](C(=O)O)N(C)C(=O)C1(NC(=O)OCC2c3ccccc3-c3ccccc32)CCN(Cc2ccccc2)CC1. The van der Waals surface area contributed by atoms with Gasteiger partial charge >= 0.3 is 12.1 Å². The lowest BCUT2D eigenvalue weighted by atomic mass is 9.85. The molecule has 208 valence electrons. The largest absolute Gasteiger partial charge is 0.480 e. The number of hydrogen-bond donors (Lipinski definition) is 2. The monoisotopic (exact) mass is 541 g/mol. The van der Waals surface area contributed by atoms with Crippen LogP contribution in [-0.2, 0) is 20.9 Å². The Morgan fingerprint density at radius 1 is 0.950 bits per heavy atom. The van der Waals surface area contributed by atoms with Gasteiger partial charge in [0.2, 0.25) is 5.91 Å². The maximum absolute atomic E-state index is 13.7. The quantitative estimate of drug-likeness (QED) is 0.436. The van der Waals surface area contributed by atoms with Gasteiger partial charge in [-0.15, -0.1) is 0 Å². The Morgan fingerprint density at radius 2 is 1.50 bits per heavy atom. The van der Waals surface area contributed by atoms with Crippen molar-refractivity contribution in [2.45, 2.75) is 43.8 Å². The fraction of sp³-hybridized carbons (Fsp3) is 0.344. The van der Waals surface area contributed by atoms with E-state index in [0.29, 0.717) is 25.9 Å². The number of alkyl carbamates (subject to hydrolysis) is 1. The fourth-order valence-corrected chi connectivity index (χ4v) is 5.84. The van der Waals surface area contributed by atoms with Gasteiger partial charge in [0, 0.05) is 32.6 Å². The minimum absolute atomic E-state index is 0.104. The van der Waals surface area contributed by atoms with Gasteiger partial charge in [0.05, 0.1) is 0 Å². The Morgan fingerprint density at radius 3 is 2.08 bits per heavy atom. The first-order valence-electron chi connectivity index (χ1n) is 13.7. The van der Waals surface area contributed by atoms with Crippen LogP contribution < -0.4 is 5.32 Å². The van der Waals surface area contributed by atoms with E-state index >= 15 is 0 Å². The van der Waals surface area contributed by atoms with Crippen molar-refractivity contribution in [3.8, 4) is 11.1 Å². The number of amides is 2. The highest BCUT2D eigenvalue weighted by molar-refractivity contribution is 5.92. The van der Waals surface area contributed by atoms with Gasteiger partial charge in [-0.1, -0.05) is 78.9 Å². The van der Waals surface area contributed by atoms with E-state index in [4.69, 9.17) is 4.74 Å². The van der Waals surface area contributed by atoms with E-state index in [0.717, 1.165) is 28.8 Å². The summed E-state index contributed by atoms with van der Waals surface area (Å²) in [5, 5.41) is 12.4. The minimum atomic E-state index is -1.26. The third-order valence-electron chi connectivity index (χ3n) is 8.31. The molecule has 8 nitrogen and oxygen atoms in total. The topological polar surface area (TPSA) is 99.2 Å². The zero-order valence-corrected chi connectivity index (χ0v) is 22.9. The highest BCUT2D eigenvalue weighted by atomic mass is 16.5. The molecule has 0 radical (unpaired) electrons. The Hall–Kier alpha value is -4.17. The molecule has 1 fully saturated rings. The molecule has 0 unspecified atom stereocenters. The number of nitrogens with zero attached hydrogens (tertiary/aromatic N) is 2. The van der Waals surface area contributed by atoms with Crippen LogP contribution in [0.15, 0.2) is 78.9 Å². The maximum Gasteiger partial charge on any atom is 0.408 e. The molecule has 1 aliphatic heterocycles. The third-order valence-corrected chi connectivity index (χ3v) is 8.31. The van der Waals surface area contributed by atoms with Crippen LogP contribution in [0.2, 0.25) is 0 Å². The van der Waals surface area contributed by atoms with Gasteiger partial charge in [0.25, 0.3) is 0 Å². The van der Waals surface area contributed by atoms with Gasteiger partial charge in [-0.25, -0.2) is 9.59 Å². The number of aliphatic carboxylic acids is 1. The van der Waals surface area contributed by atoms with E-state index in [1.165, 1.54) is 24.4 Å². The van der Waals surface area contributed by atoms with Crippen LogP contribution in [0, 0.1) is 0 Å². The van der Waals surface area contributed by atoms with Crippen molar-refractivity contribution in [3.05, 3.63) is 95.6 Å². The summed E-state index contributed by atoms with van der Waals surface area (Å²) in [7, 11) is 1.47. The summed E-state index contributed by atoms with van der Waals surface area (Å²) in [5.41, 5.74) is 4.39. The summed E-state index contributed by atoms with van der Waals surface area (Å²) in [6, 6.07) is 25.3. The Bertz CT molecular complexity index is 1340. The van der Waals surface area contributed by atoms with Crippen molar-refractivity contribution in [1.29, 1.82) is 0 Å². The molecule has 2 amide bonds. The Kier molecular flexibility index (Phi) is 7.89. The predicted molar refractivity (Wildman–Crippen MR) is 152 cm³/mol. The summed E-state index contributed by atoms with van der Waals surface area (Å²) in [4.78, 5) is 42.1. The molecule has 1 heterocycles. The van der Waals surface area contributed by atoms with Crippen LogP contribution in [0.1, 0.15) is 42.4 Å². The molecule has 2 N–H and O–H groups in total. The minimum Gasteiger partial charge on any atom is -0.480 e. The van der Waals surface area contributed by atoms with E-state index in [1.54, 1.807) is 0 Å². The maximum atomic E-state index is 13.7. The van der Waals surface area contributed by atoms with Crippen LogP contribution in [0.25, 0.3) is 11.1 Å². The lowest BCUT2D eigenvalue weighted by Gasteiger charge is -2.43. The van der Waals surface area contributed by atoms with Crippen molar-refractivity contribution in [2.24, 2.45) is 0 Å². The van der Waals surface area contributed by atoms with Gasteiger partial charge in [0.15, 0.2) is 0 Å². The second-order valence-electron chi connectivity index (χ2n) is 10.7.